The second kappa shape index (κ2) is 7.46. The molecule has 0 N–H and O–H groups in total. The molecule has 2 rings (SSSR count). The summed E-state index contributed by atoms with van der Waals surface area (Å²) >= 11 is 0. The van der Waals surface area contributed by atoms with E-state index in [4.69, 9.17) is 0 Å². The first kappa shape index (κ1) is 15.8. The van der Waals surface area contributed by atoms with E-state index in [9.17, 15) is 0 Å². The zero-order chi connectivity index (χ0) is 15.9. The predicted molar refractivity (Wildman–Crippen MR) is 93.8 cm³/mol. The van der Waals surface area contributed by atoms with Gasteiger partial charge in [0.15, 0.2) is 0 Å². The van der Waals surface area contributed by atoms with E-state index in [1.807, 2.05) is 50.5 Å². The van der Waals surface area contributed by atoms with Crippen LogP contribution in [0.1, 0.15) is 31.4 Å². The predicted octanol–water partition coefficient (Wildman–Crippen LogP) is 4.85. The van der Waals surface area contributed by atoms with Gasteiger partial charge in [-0.1, -0.05) is 25.6 Å². The first-order valence-corrected chi connectivity index (χ1v) is 7.39. The average molecular weight is 291 g/mol. The Hall–Kier alpha value is -2.55. The van der Waals surface area contributed by atoms with E-state index in [2.05, 4.69) is 34.5 Å². The summed E-state index contributed by atoms with van der Waals surface area (Å²) in [5.74, 6) is 0. The van der Waals surface area contributed by atoms with Gasteiger partial charge in [0.05, 0.1) is 17.1 Å². The number of allylic oxidation sites excluding steroid dienone is 2. The molecular formula is C19H21N3. The van der Waals surface area contributed by atoms with Crippen LogP contribution in [0.15, 0.2) is 59.9 Å². The number of aryl methyl sites for hydroxylation is 1. The highest BCUT2D eigenvalue weighted by Crippen LogP contribution is 2.18. The summed E-state index contributed by atoms with van der Waals surface area (Å²) in [5.41, 5.74) is 5.61. The molecule has 0 spiro atoms. The van der Waals surface area contributed by atoms with E-state index in [0.717, 1.165) is 34.5 Å². The molecule has 22 heavy (non-hydrogen) atoms. The smallest absolute Gasteiger partial charge is 0.0886 e. The van der Waals surface area contributed by atoms with Gasteiger partial charge in [-0.15, -0.1) is 0 Å². The summed E-state index contributed by atoms with van der Waals surface area (Å²) in [4.78, 5) is 13.2. The van der Waals surface area contributed by atoms with Gasteiger partial charge in [-0.2, -0.15) is 0 Å². The molecule has 0 radical (unpaired) electrons. The fourth-order valence-electron chi connectivity index (χ4n) is 1.96. The lowest BCUT2D eigenvalue weighted by Gasteiger charge is -2.03. The number of hydrogen-bond donors (Lipinski definition) is 0. The molecule has 0 aliphatic carbocycles. The fraction of sp³-hybridized carbons (Fsp3) is 0.211. The van der Waals surface area contributed by atoms with Crippen molar-refractivity contribution in [3.8, 4) is 11.4 Å². The molecule has 0 aliphatic heterocycles. The second-order valence-corrected chi connectivity index (χ2v) is 5.21. The van der Waals surface area contributed by atoms with Crippen molar-refractivity contribution in [3.63, 3.8) is 0 Å². The number of aliphatic imine (C=N–C) groups is 1. The Kier molecular flexibility index (Phi) is 5.37. The minimum atomic E-state index is 0.708. The standard InChI is InChI=1S/C19H21N3/c1-5-6-14(2)11-20-16(4)17-8-10-19(22-13-17)18-9-7-15(3)12-21-18/h6-13H,4-5H2,1-3H3/b14-6-,20-11?. The van der Waals surface area contributed by atoms with Crippen molar-refractivity contribution in [2.24, 2.45) is 4.99 Å². The number of nitrogens with zero attached hydrogens (tertiary/aromatic N) is 3. The highest BCUT2D eigenvalue weighted by molar-refractivity contribution is 5.83. The Morgan fingerprint density at radius 3 is 2.36 bits per heavy atom. The zero-order valence-electron chi connectivity index (χ0n) is 13.4. The number of aromatic nitrogens is 2. The SMILES string of the molecule is C=C(N=C/C(C)=C\CC)c1ccc(-c2ccc(C)cn2)nc1. The summed E-state index contributed by atoms with van der Waals surface area (Å²) in [6.45, 7) is 10.1. The van der Waals surface area contributed by atoms with Crippen LogP contribution in [0.4, 0.5) is 0 Å². The molecule has 0 fully saturated rings. The summed E-state index contributed by atoms with van der Waals surface area (Å²) in [6, 6.07) is 7.93. The topological polar surface area (TPSA) is 38.1 Å². The van der Waals surface area contributed by atoms with Gasteiger partial charge in [-0.05, 0) is 49.6 Å². The molecule has 0 atom stereocenters. The van der Waals surface area contributed by atoms with Gasteiger partial charge < -0.3 is 0 Å². The third-order valence-corrected chi connectivity index (χ3v) is 3.22. The Bertz CT molecular complexity index is 692. The van der Waals surface area contributed by atoms with Gasteiger partial charge in [0.1, 0.15) is 0 Å². The van der Waals surface area contributed by atoms with E-state index in [-0.39, 0.29) is 0 Å². The van der Waals surface area contributed by atoms with E-state index in [1.165, 1.54) is 0 Å². The molecule has 3 nitrogen and oxygen atoms in total. The molecule has 2 aromatic rings. The van der Waals surface area contributed by atoms with E-state index in [0.29, 0.717) is 5.70 Å². The molecule has 2 heterocycles. The largest absolute Gasteiger partial charge is 0.257 e. The molecule has 112 valence electrons. The maximum atomic E-state index is 4.45. The van der Waals surface area contributed by atoms with E-state index in [1.54, 1.807) is 6.20 Å². The second-order valence-electron chi connectivity index (χ2n) is 5.21. The highest BCUT2D eigenvalue weighted by Gasteiger charge is 2.02. The minimum Gasteiger partial charge on any atom is -0.257 e. The maximum Gasteiger partial charge on any atom is 0.0886 e. The Morgan fingerprint density at radius 1 is 1.14 bits per heavy atom. The van der Waals surface area contributed by atoms with Crippen LogP contribution in [0, 0.1) is 6.92 Å². The molecule has 0 amide bonds. The molecule has 0 saturated heterocycles. The van der Waals surface area contributed by atoms with E-state index >= 15 is 0 Å². The number of pyridine rings is 2. The molecule has 0 unspecified atom stereocenters. The summed E-state index contributed by atoms with van der Waals surface area (Å²) in [5, 5.41) is 0. The highest BCUT2D eigenvalue weighted by atomic mass is 14.8. The van der Waals surface area contributed by atoms with Crippen LogP contribution in [0.25, 0.3) is 17.1 Å². The monoisotopic (exact) mass is 291 g/mol. The van der Waals surface area contributed by atoms with Crippen LogP contribution < -0.4 is 0 Å². The van der Waals surface area contributed by atoms with Gasteiger partial charge >= 0.3 is 0 Å². The number of rotatable bonds is 5. The third-order valence-electron chi connectivity index (χ3n) is 3.22. The van der Waals surface area contributed by atoms with Crippen molar-refractivity contribution in [1.82, 2.24) is 9.97 Å². The average Bonchev–Trinajstić information content (AvgIpc) is 2.54. The van der Waals surface area contributed by atoms with Crippen molar-refractivity contribution in [2.45, 2.75) is 27.2 Å². The molecule has 2 aromatic heterocycles. The molecular weight excluding hydrogens is 270 g/mol. The van der Waals surface area contributed by atoms with Crippen molar-refractivity contribution in [2.75, 3.05) is 0 Å². The Balaban J connectivity index is 2.13. The molecule has 0 saturated carbocycles. The Labute approximate surface area is 132 Å². The minimum absolute atomic E-state index is 0.708. The van der Waals surface area contributed by atoms with Gasteiger partial charge in [0.2, 0.25) is 0 Å². The van der Waals surface area contributed by atoms with Crippen LogP contribution in [0.3, 0.4) is 0 Å². The van der Waals surface area contributed by atoms with Crippen LogP contribution in [-0.2, 0) is 0 Å². The van der Waals surface area contributed by atoms with Crippen LogP contribution in [0.2, 0.25) is 0 Å². The lowest BCUT2D eigenvalue weighted by molar-refractivity contribution is 1.21. The fourth-order valence-corrected chi connectivity index (χ4v) is 1.96. The lowest BCUT2D eigenvalue weighted by Crippen LogP contribution is -1.90. The summed E-state index contributed by atoms with van der Waals surface area (Å²) < 4.78 is 0. The summed E-state index contributed by atoms with van der Waals surface area (Å²) in [6.07, 6.45) is 8.60. The number of hydrogen-bond acceptors (Lipinski definition) is 3. The first-order chi connectivity index (χ1) is 10.6. The van der Waals surface area contributed by atoms with Gasteiger partial charge in [-0.3, -0.25) is 15.0 Å². The molecule has 0 aliphatic rings. The Morgan fingerprint density at radius 2 is 1.82 bits per heavy atom. The molecule has 0 aromatic carbocycles. The zero-order valence-corrected chi connectivity index (χ0v) is 13.4. The van der Waals surface area contributed by atoms with Crippen LogP contribution in [0.5, 0.6) is 0 Å². The van der Waals surface area contributed by atoms with Crippen LogP contribution >= 0.6 is 0 Å². The maximum absolute atomic E-state index is 4.45. The van der Waals surface area contributed by atoms with Crippen molar-refractivity contribution < 1.29 is 0 Å². The van der Waals surface area contributed by atoms with Gasteiger partial charge in [0, 0.05) is 24.2 Å². The van der Waals surface area contributed by atoms with E-state index < -0.39 is 0 Å². The molecule has 0 bridgehead atoms. The third kappa shape index (κ3) is 4.22. The summed E-state index contributed by atoms with van der Waals surface area (Å²) in [7, 11) is 0. The van der Waals surface area contributed by atoms with Crippen molar-refractivity contribution in [1.29, 1.82) is 0 Å². The van der Waals surface area contributed by atoms with Crippen molar-refractivity contribution >= 4 is 11.9 Å². The lowest BCUT2D eigenvalue weighted by atomic mass is 10.1. The van der Waals surface area contributed by atoms with Crippen molar-refractivity contribution in [3.05, 3.63) is 66.0 Å². The van der Waals surface area contributed by atoms with Gasteiger partial charge in [-0.25, -0.2) is 0 Å². The normalized spacial score (nSPS) is 11.9. The van der Waals surface area contributed by atoms with Gasteiger partial charge in [0.25, 0.3) is 0 Å². The molecule has 3 heteroatoms. The quantitative estimate of drug-likeness (QED) is 0.738. The first-order valence-electron chi connectivity index (χ1n) is 7.39. The van der Waals surface area contributed by atoms with Crippen LogP contribution in [-0.4, -0.2) is 16.2 Å².